The first kappa shape index (κ1) is 24.5. The van der Waals surface area contributed by atoms with Gasteiger partial charge in [0.05, 0.1) is 17.8 Å². The summed E-state index contributed by atoms with van der Waals surface area (Å²) in [7, 11) is 0. The smallest absolute Gasteiger partial charge is 0.418 e. The van der Waals surface area contributed by atoms with Gasteiger partial charge in [-0.25, -0.2) is 0 Å². The molecule has 1 heterocycles. The van der Waals surface area contributed by atoms with E-state index in [1.807, 2.05) is 47.4 Å². The maximum absolute atomic E-state index is 13.2. The van der Waals surface area contributed by atoms with Crippen molar-refractivity contribution in [3.05, 3.63) is 72.3 Å². The summed E-state index contributed by atoms with van der Waals surface area (Å²) in [5, 5.41) is 4.33. The van der Waals surface area contributed by atoms with E-state index >= 15 is 0 Å². The monoisotopic (exact) mass is 485 g/mol. The molecule has 1 N–H and O–H groups in total. The largest absolute Gasteiger partial charge is 0.483 e. The predicted molar refractivity (Wildman–Crippen MR) is 127 cm³/mol. The lowest BCUT2D eigenvalue weighted by Crippen LogP contribution is -2.39. The van der Waals surface area contributed by atoms with E-state index < -0.39 is 17.6 Å². The maximum atomic E-state index is 13.2. The van der Waals surface area contributed by atoms with Gasteiger partial charge in [0.2, 0.25) is 5.91 Å². The fourth-order valence-corrected chi connectivity index (χ4v) is 4.16. The van der Waals surface area contributed by atoms with Crippen LogP contribution in [0.2, 0.25) is 0 Å². The van der Waals surface area contributed by atoms with Gasteiger partial charge in [-0.3, -0.25) is 14.5 Å². The third-order valence-electron chi connectivity index (χ3n) is 5.92. The second kappa shape index (κ2) is 10.8. The number of rotatable bonds is 6. The van der Waals surface area contributed by atoms with Gasteiger partial charge in [0.15, 0.2) is 6.61 Å². The molecule has 1 saturated heterocycles. The molecule has 0 aromatic heterocycles. The number of nitrogens with zero attached hydrogens (tertiary/aromatic N) is 2. The fourth-order valence-electron chi connectivity index (χ4n) is 4.16. The van der Waals surface area contributed by atoms with E-state index in [2.05, 4.69) is 5.32 Å². The molecule has 1 aliphatic heterocycles. The van der Waals surface area contributed by atoms with Gasteiger partial charge in [0.1, 0.15) is 5.75 Å². The van der Waals surface area contributed by atoms with Gasteiger partial charge < -0.3 is 15.0 Å². The maximum Gasteiger partial charge on any atom is 0.418 e. The minimum Gasteiger partial charge on any atom is -0.483 e. The molecule has 0 radical (unpaired) electrons. The lowest BCUT2D eigenvalue weighted by Gasteiger charge is -2.22. The van der Waals surface area contributed by atoms with Crippen molar-refractivity contribution in [2.45, 2.75) is 12.6 Å². The van der Waals surface area contributed by atoms with Gasteiger partial charge in [0, 0.05) is 31.6 Å². The number of ether oxygens (including phenoxy) is 1. The summed E-state index contributed by atoms with van der Waals surface area (Å²) in [6.45, 7) is 1.77. The molecule has 0 spiro atoms. The number of carbonyl (C=O) groups excluding carboxylic acids is 2. The summed E-state index contributed by atoms with van der Waals surface area (Å²) in [4.78, 5) is 28.7. The molecule has 3 aromatic carbocycles. The van der Waals surface area contributed by atoms with E-state index in [1.165, 1.54) is 18.2 Å². The van der Waals surface area contributed by atoms with E-state index in [0.717, 1.165) is 16.8 Å². The number of benzene rings is 3. The topological polar surface area (TPSA) is 61.9 Å². The number of hydrogen-bond acceptors (Lipinski definition) is 4. The second-order valence-corrected chi connectivity index (χ2v) is 8.37. The van der Waals surface area contributed by atoms with Gasteiger partial charge in [-0.05, 0) is 30.0 Å². The van der Waals surface area contributed by atoms with Crippen LogP contribution < -0.4 is 10.1 Å². The molecule has 184 valence electrons. The van der Waals surface area contributed by atoms with Gasteiger partial charge >= 0.3 is 6.18 Å². The zero-order valence-electron chi connectivity index (χ0n) is 19.1. The predicted octanol–water partition coefficient (Wildman–Crippen LogP) is 4.41. The Kier molecular flexibility index (Phi) is 7.55. The van der Waals surface area contributed by atoms with E-state index in [1.54, 1.807) is 4.90 Å². The van der Waals surface area contributed by atoms with Crippen LogP contribution in [0.3, 0.4) is 0 Å². The van der Waals surface area contributed by atoms with Crippen LogP contribution in [0.1, 0.15) is 12.0 Å². The average molecular weight is 486 g/mol. The molecule has 0 unspecified atom stereocenters. The molecule has 1 aliphatic rings. The van der Waals surface area contributed by atoms with Crippen LogP contribution in [-0.4, -0.2) is 60.9 Å². The van der Waals surface area contributed by atoms with Crippen molar-refractivity contribution in [3.63, 3.8) is 0 Å². The van der Waals surface area contributed by atoms with Gasteiger partial charge in [0.25, 0.3) is 5.91 Å². The summed E-state index contributed by atoms with van der Waals surface area (Å²) in [5.74, 6) is -0.0344. The summed E-state index contributed by atoms with van der Waals surface area (Å²) in [6.07, 6.45) is -3.91. The van der Waals surface area contributed by atoms with Crippen molar-refractivity contribution >= 4 is 28.3 Å². The fraction of sp³-hybridized carbons (Fsp3) is 0.308. The molecule has 1 fully saturated rings. The first-order chi connectivity index (χ1) is 16.8. The Morgan fingerprint density at radius 2 is 1.63 bits per heavy atom. The number of nitrogens with one attached hydrogen (secondary N) is 1. The number of hydrogen-bond donors (Lipinski definition) is 1. The average Bonchev–Trinajstić information content (AvgIpc) is 3.07. The van der Waals surface area contributed by atoms with Crippen LogP contribution in [0.5, 0.6) is 5.75 Å². The third kappa shape index (κ3) is 6.30. The zero-order valence-corrected chi connectivity index (χ0v) is 19.1. The summed E-state index contributed by atoms with van der Waals surface area (Å²) >= 11 is 0. The summed E-state index contributed by atoms with van der Waals surface area (Å²) in [5.41, 5.74) is -1.14. The lowest BCUT2D eigenvalue weighted by atomic mass is 10.1. The molecule has 35 heavy (non-hydrogen) atoms. The van der Waals surface area contributed by atoms with Gasteiger partial charge in [-0.2, -0.15) is 13.2 Å². The standard InChI is InChI=1S/C26H26F3N3O3/c27-26(28,29)21-10-3-4-11-22(21)30-24(33)17-31-13-6-14-32(16-15-31)25(34)18-35-23-12-5-8-19-7-1-2-9-20(19)23/h1-5,7-12H,6,13-18H2,(H,30,33). The van der Waals surface area contributed by atoms with Gasteiger partial charge in [-0.15, -0.1) is 0 Å². The Hall–Kier alpha value is -3.59. The normalized spacial score (nSPS) is 15.0. The van der Waals surface area contributed by atoms with Crippen LogP contribution in [0.4, 0.5) is 18.9 Å². The molecular weight excluding hydrogens is 459 g/mol. The molecular formula is C26H26F3N3O3. The summed E-state index contributed by atoms with van der Waals surface area (Å²) in [6, 6.07) is 18.4. The Bertz CT molecular complexity index is 1190. The third-order valence-corrected chi connectivity index (χ3v) is 5.92. The van der Waals surface area contributed by atoms with Crippen LogP contribution in [0.15, 0.2) is 66.7 Å². The Balaban J connectivity index is 1.29. The number of carbonyl (C=O) groups is 2. The molecule has 3 aromatic rings. The number of para-hydroxylation sites is 1. The molecule has 0 atom stereocenters. The minimum absolute atomic E-state index is 0.0548. The number of amides is 2. The van der Waals surface area contributed by atoms with E-state index in [0.29, 0.717) is 38.3 Å². The van der Waals surface area contributed by atoms with E-state index in [-0.39, 0.29) is 24.7 Å². The van der Waals surface area contributed by atoms with E-state index in [4.69, 9.17) is 4.74 Å². The van der Waals surface area contributed by atoms with E-state index in [9.17, 15) is 22.8 Å². The Morgan fingerprint density at radius 1 is 0.886 bits per heavy atom. The first-order valence-electron chi connectivity index (χ1n) is 11.4. The highest BCUT2D eigenvalue weighted by molar-refractivity contribution is 5.93. The first-order valence-corrected chi connectivity index (χ1v) is 11.4. The van der Waals surface area contributed by atoms with Crippen LogP contribution in [0, 0.1) is 0 Å². The molecule has 9 heteroatoms. The lowest BCUT2D eigenvalue weighted by molar-refractivity contribution is -0.137. The molecule has 2 amide bonds. The highest BCUT2D eigenvalue weighted by Gasteiger charge is 2.33. The quantitative estimate of drug-likeness (QED) is 0.562. The molecule has 6 nitrogen and oxygen atoms in total. The van der Waals surface area contributed by atoms with Gasteiger partial charge in [-0.1, -0.05) is 48.5 Å². The Labute approximate surface area is 201 Å². The highest BCUT2D eigenvalue weighted by Crippen LogP contribution is 2.34. The number of halogens is 3. The van der Waals surface area contributed by atoms with Crippen molar-refractivity contribution in [3.8, 4) is 5.75 Å². The highest BCUT2D eigenvalue weighted by atomic mass is 19.4. The number of alkyl halides is 3. The van der Waals surface area contributed by atoms with Crippen LogP contribution >= 0.6 is 0 Å². The van der Waals surface area contributed by atoms with Crippen molar-refractivity contribution < 1.29 is 27.5 Å². The van der Waals surface area contributed by atoms with Crippen molar-refractivity contribution in [2.75, 3.05) is 44.6 Å². The van der Waals surface area contributed by atoms with Crippen molar-refractivity contribution in [1.82, 2.24) is 9.80 Å². The van der Waals surface area contributed by atoms with Crippen molar-refractivity contribution in [1.29, 1.82) is 0 Å². The van der Waals surface area contributed by atoms with Crippen LogP contribution in [-0.2, 0) is 15.8 Å². The molecule has 4 rings (SSSR count). The molecule has 0 bridgehead atoms. The van der Waals surface area contributed by atoms with Crippen LogP contribution in [0.25, 0.3) is 10.8 Å². The zero-order chi connectivity index (χ0) is 24.8. The van der Waals surface area contributed by atoms with Crippen molar-refractivity contribution in [2.24, 2.45) is 0 Å². The Morgan fingerprint density at radius 3 is 2.46 bits per heavy atom. The SMILES string of the molecule is O=C(CN1CCCN(C(=O)COc2cccc3ccccc23)CC1)Nc1ccccc1C(F)(F)F. The molecule has 0 saturated carbocycles. The minimum atomic E-state index is -4.55. The summed E-state index contributed by atoms with van der Waals surface area (Å²) < 4.78 is 45.3. The number of anilines is 1. The second-order valence-electron chi connectivity index (χ2n) is 8.37. The molecule has 0 aliphatic carbocycles. The number of fused-ring (bicyclic) bond motifs is 1.